The van der Waals surface area contributed by atoms with Crippen molar-refractivity contribution in [3.8, 4) is 11.8 Å². The fraction of sp³-hybridized carbons (Fsp3) is 0.471. The van der Waals surface area contributed by atoms with Crippen molar-refractivity contribution in [1.29, 1.82) is 0 Å². The molecule has 0 saturated heterocycles. The number of carbonyl (C=O) groups is 1. The number of ether oxygens (including phenoxy) is 1. The number of nitrogens with two attached hydrogens (primary N) is 1. The highest BCUT2D eigenvalue weighted by molar-refractivity contribution is 7.16. The standard InChI is InChI=1S/C17H20N2O3S/c1-3-4-7-22-17(21)13-9(2)19-16-14(15(13)18)11-6-5-10(20)8-12(11)23-16/h9-10,19-20H,5-8,18H2,1-2H3. The normalized spacial score (nSPS) is 22.4. The molecule has 0 bridgehead atoms. The highest BCUT2D eigenvalue weighted by atomic mass is 32.1. The Morgan fingerprint density at radius 3 is 3.09 bits per heavy atom. The molecule has 5 nitrogen and oxygen atoms in total. The second-order valence-corrected chi connectivity index (χ2v) is 6.91. The van der Waals surface area contributed by atoms with Crippen LogP contribution in [-0.2, 0) is 22.4 Å². The largest absolute Gasteiger partial charge is 0.449 e. The summed E-state index contributed by atoms with van der Waals surface area (Å²) in [6, 6.07) is -0.213. The molecule has 122 valence electrons. The number of rotatable bonds is 2. The lowest BCUT2D eigenvalue weighted by molar-refractivity contribution is -0.137. The number of esters is 1. The minimum atomic E-state index is -0.424. The van der Waals surface area contributed by atoms with E-state index in [1.54, 1.807) is 18.3 Å². The van der Waals surface area contributed by atoms with E-state index in [0.717, 1.165) is 33.8 Å². The van der Waals surface area contributed by atoms with E-state index < -0.39 is 5.97 Å². The lowest BCUT2D eigenvalue weighted by Crippen LogP contribution is -2.31. The van der Waals surface area contributed by atoms with Crippen molar-refractivity contribution in [1.82, 2.24) is 0 Å². The molecule has 2 heterocycles. The lowest BCUT2D eigenvalue weighted by Gasteiger charge is -2.26. The fourth-order valence-electron chi connectivity index (χ4n) is 3.13. The van der Waals surface area contributed by atoms with Crippen molar-refractivity contribution in [3.63, 3.8) is 0 Å². The summed E-state index contributed by atoms with van der Waals surface area (Å²) in [5.74, 6) is 4.98. The topological polar surface area (TPSA) is 84.6 Å². The maximum absolute atomic E-state index is 12.3. The van der Waals surface area contributed by atoms with Crippen molar-refractivity contribution in [2.45, 2.75) is 45.3 Å². The van der Waals surface area contributed by atoms with Crippen molar-refractivity contribution in [2.75, 3.05) is 11.9 Å². The van der Waals surface area contributed by atoms with E-state index in [-0.39, 0.29) is 18.8 Å². The third-order valence-electron chi connectivity index (χ3n) is 4.25. The molecular weight excluding hydrogens is 312 g/mol. The highest BCUT2D eigenvalue weighted by Crippen LogP contribution is 2.44. The van der Waals surface area contributed by atoms with Crippen LogP contribution in [0.15, 0.2) is 5.57 Å². The van der Waals surface area contributed by atoms with Gasteiger partial charge in [-0.1, -0.05) is 5.92 Å². The van der Waals surface area contributed by atoms with Gasteiger partial charge in [0.1, 0.15) is 0 Å². The van der Waals surface area contributed by atoms with Crippen molar-refractivity contribution in [3.05, 3.63) is 21.6 Å². The van der Waals surface area contributed by atoms with Crippen LogP contribution < -0.4 is 11.1 Å². The molecule has 6 heteroatoms. The fourth-order valence-corrected chi connectivity index (χ4v) is 4.55. The first kappa shape index (κ1) is 15.9. The Morgan fingerprint density at radius 1 is 1.57 bits per heavy atom. The van der Waals surface area contributed by atoms with Crippen LogP contribution in [0.1, 0.15) is 36.3 Å². The molecular formula is C17H20N2O3S. The molecule has 0 aromatic carbocycles. The highest BCUT2D eigenvalue weighted by Gasteiger charge is 2.34. The molecule has 1 aliphatic heterocycles. The molecule has 0 saturated carbocycles. The van der Waals surface area contributed by atoms with Crippen LogP contribution in [0, 0.1) is 11.8 Å². The van der Waals surface area contributed by atoms with Gasteiger partial charge in [0.2, 0.25) is 0 Å². The number of nitrogens with one attached hydrogen (secondary N) is 1. The molecule has 23 heavy (non-hydrogen) atoms. The van der Waals surface area contributed by atoms with E-state index >= 15 is 0 Å². The quantitative estimate of drug-likeness (QED) is 0.566. The zero-order chi connectivity index (χ0) is 16.6. The second-order valence-electron chi connectivity index (χ2n) is 5.80. The van der Waals surface area contributed by atoms with Crippen LogP contribution in [0.5, 0.6) is 0 Å². The maximum Gasteiger partial charge on any atom is 0.339 e. The maximum atomic E-state index is 12.3. The summed E-state index contributed by atoms with van der Waals surface area (Å²) in [5.41, 5.74) is 9.37. The number of aliphatic hydroxyl groups is 1. The first-order valence-corrected chi connectivity index (χ1v) is 8.50. The molecule has 3 rings (SSSR count). The van der Waals surface area contributed by atoms with Crippen LogP contribution in [-0.4, -0.2) is 29.8 Å². The van der Waals surface area contributed by atoms with Crippen molar-refractivity contribution >= 4 is 28.0 Å². The molecule has 0 amide bonds. The van der Waals surface area contributed by atoms with Gasteiger partial charge in [-0.05, 0) is 32.3 Å². The monoisotopic (exact) mass is 332 g/mol. The van der Waals surface area contributed by atoms with E-state index in [4.69, 9.17) is 10.5 Å². The van der Waals surface area contributed by atoms with Crippen molar-refractivity contribution in [2.24, 2.45) is 5.73 Å². The van der Waals surface area contributed by atoms with Crippen LogP contribution >= 0.6 is 11.3 Å². The molecule has 0 fully saturated rings. The number of hydrogen-bond donors (Lipinski definition) is 3. The molecule has 0 spiro atoms. The molecule has 4 N–H and O–H groups in total. The number of carbonyl (C=O) groups excluding carboxylic acids is 1. The molecule has 2 unspecified atom stereocenters. The summed E-state index contributed by atoms with van der Waals surface area (Å²) in [5, 5.41) is 14.2. The minimum Gasteiger partial charge on any atom is -0.449 e. The summed E-state index contributed by atoms with van der Waals surface area (Å²) in [4.78, 5) is 13.5. The zero-order valence-corrected chi connectivity index (χ0v) is 14.0. The number of hydrogen-bond acceptors (Lipinski definition) is 6. The Morgan fingerprint density at radius 2 is 2.35 bits per heavy atom. The number of aliphatic hydroxyl groups excluding tert-OH is 1. The third-order valence-corrected chi connectivity index (χ3v) is 5.44. The minimum absolute atomic E-state index is 0.0691. The van der Waals surface area contributed by atoms with Crippen LogP contribution in [0.25, 0.3) is 5.70 Å². The van der Waals surface area contributed by atoms with Crippen LogP contribution in [0.3, 0.4) is 0 Å². The summed E-state index contributed by atoms with van der Waals surface area (Å²) in [6.07, 6.45) is 1.87. The SMILES string of the molecule is CC#CCOC(=O)C1=C(N)c2c(sc3c2CCC(O)C3)NC1C. The summed E-state index contributed by atoms with van der Waals surface area (Å²) < 4.78 is 5.19. The molecule has 1 aliphatic carbocycles. The van der Waals surface area contributed by atoms with E-state index in [1.165, 1.54) is 0 Å². The Kier molecular flexibility index (Phi) is 4.33. The first-order valence-electron chi connectivity index (χ1n) is 7.68. The van der Waals surface area contributed by atoms with Crippen LogP contribution in [0.4, 0.5) is 5.00 Å². The molecule has 0 radical (unpaired) electrons. The van der Waals surface area contributed by atoms with Crippen molar-refractivity contribution < 1.29 is 14.6 Å². The zero-order valence-electron chi connectivity index (χ0n) is 13.2. The van der Waals surface area contributed by atoms with E-state index in [1.807, 2.05) is 6.92 Å². The molecule has 1 aromatic heterocycles. The first-order chi connectivity index (χ1) is 11.0. The van der Waals surface area contributed by atoms with Gasteiger partial charge in [-0.3, -0.25) is 0 Å². The van der Waals surface area contributed by atoms with Crippen LogP contribution in [0.2, 0.25) is 0 Å². The van der Waals surface area contributed by atoms with Gasteiger partial charge in [0.25, 0.3) is 0 Å². The predicted molar refractivity (Wildman–Crippen MR) is 91.0 cm³/mol. The second kappa shape index (κ2) is 6.26. The van der Waals surface area contributed by atoms with Gasteiger partial charge in [-0.2, -0.15) is 0 Å². The smallest absolute Gasteiger partial charge is 0.339 e. The molecule has 1 aromatic rings. The predicted octanol–water partition coefficient (Wildman–Crippen LogP) is 1.65. The number of fused-ring (bicyclic) bond motifs is 3. The van der Waals surface area contributed by atoms with Gasteiger partial charge in [0, 0.05) is 16.9 Å². The average Bonchev–Trinajstić information content (AvgIpc) is 2.84. The number of anilines is 1. The van der Waals surface area contributed by atoms with Gasteiger partial charge in [0.15, 0.2) is 6.61 Å². The lowest BCUT2D eigenvalue weighted by atomic mass is 9.89. The number of thiophene rings is 1. The third kappa shape index (κ3) is 2.82. The summed E-state index contributed by atoms with van der Waals surface area (Å²) in [7, 11) is 0. The Bertz CT molecular complexity index is 739. The van der Waals surface area contributed by atoms with E-state index in [0.29, 0.717) is 17.7 Å². The van der Waals surface area contributed by atoms with Gasteiger partial charge >= 0.3 is 5.97 Å². The van der Waals surface area contributed by atoms with Gasteiger partial charge in [-0.15, -0.1) is 17.3 Å². The Hall–Kier alpha value is -1.97. The van der Waals surface area contributed by atoms with E-state index in [9.17, 15) is 9.90 Å². The Balaban J connectivity index is 1.98. The summed E-state index contributed by atoms with van der Waals surface area (Å²) >= 11 is 1.62. The molecule has 2 aliphatic rings. The van der Waals surface area contributed by atoms with Gasteiger partial charge < -0.3 is 20.9 Å². The van der Waals surface area contributed by atoms with Gasteiger partial charge in [0.05, 0.1) is 28.4 Å². The Labute approximate surface area is 139 Å². The van der Waals surface area contributed by atoms with E-state index in [2.05, 4.69) is 17.2 Å². The van der Waals surface area contributed by atoms with Gasteiger partial charge in [-0.25, -0.2) is 4.79 Å². The summed E-state index contributed by atoms with van der Waals surface area (Å²) in [6.45, 7) is 3.66. The molecule has 2 atom stereocenters. The average molecular weight is 332 g/mol.